The molecule has 8 atom stereocenters. The smallest absolute Gasteiger partial charge is 0.462 e. The highest BCUT2D eigenvalue weighted by Crippen LogP contribution is 2.49. The molecule has 1 saturated heterocycles. The highest BCUT2D eigenvalue weighted by molar-refractivity contribution is 7.87. The van der Waals surface area contributed by atoms with Gasteiger partial charge in [-0.25, -0.2) is 0 Å². The Hall–Kier alpha value is -1.86. The van der Waals surface area contributed by atoms with Gasteiger partial charge in [-0.3, -0.25) is 9.59 Å². The molecule has 1 heterocycles. The van der Waals surface area contributed by atoms with Crippen LogP contribution in [0, 0.1) is 29.6 Å². The minimum absolute atomic E-state index is 0.0538. The molecule has 0 radical (unpaired) electrons. The van der Waals surface area contributed by atoms with Crippen molar-refractivity contribution in [3.63, 3.8) is 0 Å². The van der Waals surface area contributed by atoms with E-state index in [9.17, 15) is 31.2 Å². The SMILES string of the molecule is [2H]C([2H])([2H])C1C=C2C=C(OS(=O)(=O)C(F)(F)F)[C@H](C)[C@H](CCC3C[C@@H](O[Si](C)(C)C(C)(C)C)CC(=O)O3)[C@H]2C(OC(=O)[C@@H](C)CC)C1. The van der Waals surface area contributed by atoms with Crippen molar-refractivity contribution in [2.75, 3.05) is 0 Å². The second-order valence-electron chi connectivity index (χ2n) is 13.9. The summed E-state index contributed by atoms with van der Waals surface area (Å²) in [5.41, 5.74) is -5.46. The first-order valence-electron chi connectivity index (χ1n) is 16.8. The zero-order valence-electron chi connectivity index (χ0n) is 29.8. The fourth-order valence-corrected chi connectivity index (χ4v) is 7.76. The number of carbonyl (C=O) groups is 2. The van der Waals surface area contributed by atoms with E-state index in [1.807, 2.05) is 0 Å². The van der Waals surface area contributed by atoms with Crippen LogP contribution in [0.25, 0.3) is 0 Å². The maximum absolute atomic E-state index is 13.4. The number of allylic oxidation sites excluding steroid dienone is 3. The lowest BCUT2D eigenvalue weighted by molar-refractivity contribution is -0.162. The molecule has 3 rings (SSSR count). The first-order chi connectivity index (χ1) is 21.3. The van der Waals surface area contributed by atoms with Gasteiger partial charge in [0, 0.05) is 22.4 Å². The molecule has 0 bridgehead atoms. The van der Waals surface area contributed by atoms with Crippen molar-refractivity contribution < 1.29 is 53.4 Å². The lowest BCUT2D eigenvalue weighted by Crippen LogP contribution is -2.47. The van der Waals surface area contributed by atoms with Gasteiger partial charge in [-0.05, 0) is 67.3 Å². The second kappa shape index (κ2) is 13.5. The van der Waals surface area contributed by atoms with E-state index in [1.165, 1.54) is 13.0 Å². The molecule has 252 valence electrons. The zero-order valence-corrected chi connectivity index (χ0v) is 28.6. The van der Waals surface area contributed by atoms with Gasteiger partial charge in [0.15, 0.2) is 8.32 Å². The standard InChI is InChI=1S/C31H49F3O8SSi/c1-10-19(3)29(36)40-26-14-18(2)13-21-15-25(41-43(37,38)31(32,33)34)20(4)24(28(21)26)12-11-22-16-23(17-27(35)39-22)42-44(8,9)30(5,6)7/h13,15,18-20,22-24,26,28H,10-12,14,16-17H2,1-9H3/t18?,19-,20+,22?,23+,24-,26?,28-/m0/s1/i2D3. The minimum Gasteiger partial charge on any atom is -0.462 e. The van der Waals surface area contributed by atoms with Crippen LogP contribution < -0.4 is 0 Å². The van der Waals surface area contributed by atoms with Crippen molar-refractivity contribution in [3.05, 3.63) is 23.5 Å². The molecule has 2 aliphatic carbocycles. The van der Waals surface area contributed by atoms with Gasteiger partial charge in [0.25, 0.3) is 0 Å². The first kappa shape index (κ1) is 32.1. The summed E-state index contributed by atoms with van der Waals surface area (Å²) in [6.07, 6.45) is 2.03. The van der Waals surface area contributed by atoms with Crippen molar-refractivity contribution in [3.8, 4) is 0 Å². The third-order valence-corrected chi connectivity index (χ3v) is 15.1. The maximum Gasteiger partial charge on any atom is 0.534 e. The third kappa shape index (κ3) is 8.48. The van der Waals surface area contributed by atoms with Crippen LogP contribution in [0.2, 0.25) is 18.1 Å². The zero-order chi connectivity index (χ0) is 35.9. The van der Waals surface area contributed by atoms with Crippen molar-refractivity contribution in [1.82, 2.24) is 0 Å². The molecule has 0 aromatic rings. The molecule has 0 spiro atoms. The van der Waals surface area contributed by atoms with Crippen LogP contribution in [-0.2, 0) is 37.8 Å². The fraction of sp³-hybridized carbons (Fsp3) is 0.806. The van der Waals surface area contributed by atoms with Gasteiger partial charge in [-0.15, -0.1) is 0 Å². The fourth-order valence-electron chi connectivity index (χ4n) is 5.85. The van der Waals surface area contributed by atoms with Gasteiger partial charge < -0.3 is 18.1 Å². The van der Waals surface area contributed by atoms with E-state index < -0.39 is 90.3 Å². The van der Waals surface area contributed by atoms with Crippen LogP contribution in [0.3, 0.4) is 0 Å². The highest BCUT2D eigenvalue weighted by Gasteiger charge is 2.52. The molecular weight excluding hydrogens is 617 g/mol. The summed E-state index contributed by atoms with van der Waals surface area (Å²) in [7, 11) is -8.26. The van der Waals surface area contributed by atoms with Crippen LogP contribution in [0.15, 0.2) is 23.5 Å². The lowest BCUT2D eigenvalue weighted by atomic mass is 9.64. The maximum atomic E-state index is 13.4. The number of fused-ring (bicyclic) bond motifs is 1. The van der Waals surface area contributed by atoms with Gasteiger partial charge in [0.2, 0.25) is 0 Å². The Morgan fingerprint density at radius 3 is 2.43 bits per heavy atom. The summed E-state index contributed by atoms with van der Waals surface area (Å²) in [6.45, 7) is 12.9. The summed E-state index contributed by atoms with van der Waals surface area (Å²) in [5, 5.41) is -0.0983. The van der Waals surface area contributed by atoms with Crippen LogP contribution in [0.5, 0.6) is 0 Å². The first-order valence-corrected chi connectivity index (χ1v) is 19.6. The number of alkyl halides is 3. The van der Waals surface area contributed by atoms with Crippen LogP contribution >= 0.6 is 0 Å². The number of halogens is 3. The summed E-state index contributed by atoms with van der Waals surface area (Å²) in [5.74, 6) is -5.29. The molecule has 0 amide bonds. The predicted octanol–water partition coefficient (Wildman–Crippen LogP) is 7.42. The van der Waals surface area contributed by atoms with Crippen LogP contribution in [0.1, 0.15) is 91.0 Å². The number of hydrogen-bond acceptors (Lipinski definition) is 8. The van der Waals surface area contributed by atoms with Gasteiger partial charge in [-0.1, -0.05) is 54.5 Å². The largest absolute Gasteiger partial charge is 0.534 e. The number of rotatable bonds is 10. The Balaban J connectivity index is 2.00. The Morgan fingerprint density at radius 2 is 1.86 bits per heavy atom. The molecule has 0 aromatic carbocycles. The van der Waals surface area contributed by atoms with Crippen molar-refractivity contribution in [1.29, 1.82) is 0 Å². The van der Waals surface area contributed by atoms with Gasteiger partial charge in [0.05, 0.1) is 18.4 Å². The van der Waals surface area contributed by atoms with E-state index in [1.54, 1.807) is 13.8 Å². The molecule has 1 aliphatic heterocycles. The van der Waals surface area contributed by atoms with E-state index in [0.717, 1.165) is 6.08 Å². The molecule has 0 saturated carbocycles. The molecule has 3 aliphatic rings. The van der Waals surface area contributed by atoms with E-state index >= 15 is 0 Å². The average molecular weight is 670 g/mol. The Kier molecular flexibility index (Phi) is 9.83. The quantitative estimate of drug-likeness (QED) is 0.102. The van der Waals surface area contributed by atoms with E-state index in [0.29, 0.717) is 12.8 Å². The van der Waals surface area contributed by atoms with Crippen molar-refractivity contribution in [2.24, 2.45) is 29.6 Å². The molecule has 0 aromatic heterocycles. The summed E-state index contributed by atoms with van der Waals surface area (Å²) in [4.78, 5) is 25.6. The van der Waals surface area contributed by atoms with Gasteiger partial charge in [-0.2, -0.15) is 21.6 Å². The number of carbonyl (C=O) groups excluding carboxylic acids is 2. The number of esters is 2. The molecule has 1 fully saturated rings. The lowest BCUT2D eigenvalue weighted by Gasteiger charge is -2.45. The van der Waals surface area contributed by atoms with Crippen molar-refractivity contribution >= 4 is 30.4 Å². The van der Waals surface area contributed by atoms with Crippen LogP contribution in [-0.4, -0.2) is 52.5 Å². The monoisotopic (exact) mass is 669 g/mol. The van der Waals surface area contributed by atoms with Gasteiger partial charge >= 0.3 is 27.6 Å². The molecule has 3 unspecified atom stereocenters. The number of ether oxygens (including phenoxy) is 2. The van der Waals surface area contributed by atoms with E-state index in [2.05, 4.69) is 38.0 Å². The highest BCUT2D eigenvalue weighted by atomic mass is 32.2. The normalized spacial score (nSPS) is 32.1. The predicted molar refractivity (Wildman–Crippen MR) is 162 cm³/mol. The summed E-state index contributed by atoms with van der Waals surface area (Å²) < 4.78 is 111. The molecule has 8 nitrogen and oxygen atoms in total. The number of hydrogen-bond donors (Lipinski definition) is 0. The van der Waals surface area contributed by atoms with Crippen LogP contribution in [0.4, 0.5) is 13.2 Å². The molecule has 0 N–H and O–H groups in total. The third-order valence-electron chi connectivity index (χ3n) is 9.61. The molecular formula is C31H49F3O8SSi. The number of cyclic esters (lactones) is 1. The Morgan fingerprint density at radius 1 is 1.20 bits per heavy atom. The van der Waals surface area contributed by atoms with Crippen molar-refractivity contribution in [2.45, 2.75) is 129 Å². The average Bonchev–Trinajstić information content (AvgIpc) is 2.90. The second-order valence-corrected chi connectivity index (χ2v) is 20.2. The molecule has 44 heavy (non-hydrogen) atoms. The van der Waals surface area contributed by atoms with E-state index in [4.69, 9.17) is 18.0 Å². The molecule has 13 heteroatoms. The topological polar surface area (TPSA) is 105 Å². The minimum atomic E-state index is -6.03. The summed E-state index contributed by atoms with van der Waals surface area (Å²) in [6, 6.07) is 0. The van der Waals surface area contributed by atoms with Gasteiger partial charge in [0.1, 0.15) is 18.0 Å². The Bertz CT molecular complexity index is 1340. The Labute approximate surface area is 265 Å². The summed E-state index contributed by atoms with van der Waals surface area (Å²) >= 11 is 0. The van der Waals surface area contributed by atoms with E-state index in [-0.39, 0.29) is 42.4 Å².